The van der Waals surface area contributed by atoms with Crippen LogP contribution in [0.15, 0.2) is 29.4 Å². The molecule has 0 aliphatic carbocycles. The van der Waals surface area contributed by atoms with E-state index < -0.39 is 0 Å². The Morgan fingerprint density at radius 1 is 1.67 bits per heavy atom. The van der Waals surface area contributed by atoms with E-state index in [0.717, 1.165) is 28.9 Å². The fourth-order valence-corrected chi connectivity index (χ4v) is 1.77. The van der Waals surface area contributed by atoms with Crippen LogP contribution in [0.3, 0.4) is 0 Å². The van der Waals surface area contributed by atoms with Crippen LogP contribution in [0.4, 0.5) is 5.82 Å². The lowest BCUT2D eigenvalue weighted by Crippen LogP contribution is -2.24. The first kappa shape index (κ1) is 12.2. The van der Waals surface area contributed by atoms with Gasteiger partial charge in [0.2, 0.25) is 0 Å². The van der Waals surface area contributed by atoms with Gasteiger partial charge >= 0.3 is 0 Å². The van der Waals surface area contributed by atoms with Crippen molar-refractivity contribution in [2.75, 3.05) is 18.0 Å². The van der Waals surface area contributed by atoms with Crippen molar-refractivity contribution in [3.8, 4) is 0 Å². The van der Waals surface area contributed by atoms with E-state index in [1.54, 1.807) is 6.20 Å². The predicted molar refractivity (Wildman–Crippen MR) is 65.9 cm³/mol. The molecule has 0 fully saturated rings. The molecule has 3 nitrogen and oxygen atoms in total. The van der Waals surface area contributed by atoms with Gasteiger partial charge in [-0.1, -0.05) is 6.08 Å². The van der Waals surface area contributed by atoms with Gasteiger partial charge in [-0.15, -0.1) is 6.58 Å². The number of pyridine rings is 1. The van der Waals surface area contributed by atoms with Gasteiger partial charge in [0.05, 0.1) is 6.61 Å². The maximum atomic E-state index is 9.24. The highest BCUT2D eigenvalue weighted by Gasteiger charge is 2.09. The van der Waals surface area contributed by atoms with Gasteiger partial charge in [0.1, 0.15) is 5.82 Å². The number of hydrogen-bond donors (Lipinski definition) is 1. The van der Waals surface area contributed by atoms with Gasteiger partial charge in [-0.05, 0) is 28.9 Å². The van der Waals surface area contributed by atoms with Crippen molar-refractivity contribution >= 4 is 21.7 Å². The molecule has 0 aliphatic rings. The molecule has 0 aromatic carbocycles. The van der Waals surface area contributed by atoms with Crippen LogP contribution in [0.2, 0.25) is 0 Å². The van der Waals surface area contributed by atoms with E-state index in [1.165, 1.54) is 0 Å². The van der Waals surface area contributed by atoms with Gasteiger partial charge in [-0.25, -0.2) is 4.98 Å². The topological polar surface area (TPSA) is 36.4 Å². The number of likely N-dealkylation sites (N-methyl/N-ethyl adjacent to an activating group) is 1. The normalized spacial score (nSPS) is 10.1. The summed E-state index contributed by atoms with van der Waals surface area (Å²) in [5.74, 6) is 0.822. The molecule has 1 N–H and O–H groups in total. The van der Waals surface area contributed by atoms with Gasteiger partial charge in [0, 0.05) is 29.3 Å². The Kier molecular flexibility index (Phi) is 4.78. The average molecular weight is 271 g/mol. The first-order valence-electron chi connectivity index (χ1n) is 4.84. The minimum Gasteiger partial charge on any atom is -0.392 e. The fourth-order valence-electron chi connectivity index (χ4n) is 1.40. The first-order valence-corrected chi connectivity index (χ1v) is 5.63. The first-order chi connectivity index (χ1) is 7.22. The summed E-state index contributed by atoms with van der Waals surface area (Å²) < 4.78 is 0.880. The van der Waals surface area contributed by atoms with Crippen molar-refractivity contribution < 1.29 is 5.11 Å². The molecule has 1 heterocycles. The molecule has 0 spiro atoms. The molecule has 4 heteroatoms. The number of rotatable bonds is 5. The summed E-state index contributed by atoms with van der Waals surface area (Å²) in [6.45, 7) is 7.33. The van der Waals surface area contributed by atoms with E-state index >= 15 is 0 Å². The maximum Gasteiger partial charge on any atom is 0.134 e. The molecule has 1 aromatic heterocycles. The van der Waals surface area contributed by atoms with Crippen LogP contribution < -0.4 is 4.90 Å². The molecule has 0 bridgehead atoms. The summed E-state index contributed by atoms with van der Waals surface area (Å²) in [4.78, 5) is 6.37. The second-order valence-corrected chi connectivity index (χ2v) is 4.04. The largest absolute Gasteiger partial charge is 0.392 e. The second-order valence-electron chi connectivity index (χ2n) is 3.12. The Labute approximate surface area is 98.6 Å². The van der Waals surface area contributed by atoms with E-state index in [2.05, 4.69) is 32.4 Å². The van der Waals surface area contributed by atoms with Gasteiger partial charge in [0.25, 0.3) is 0 Å². The van der Waals surface area contributed by atoms with Crippen LogP contribution in [0.5, 0.6) is 0 Å². The highest BCUT2D eigenvalue weighted by molar-refractivity contribution is 9.10. The zero-order valence-electron chi connectivity index (χ0n) is 8.78. The van der Waals surface area contributed by atoms with Gasteiger partial charge in [0.15, 0.2) is 0 Å². The molecule has 0 saturated heterocycles. The minimum atomic E-state index is -0.00455. The Balaban J connectivity index is 3.04. The highest BCUT2D eigenvalue weighted by atomic mass is 79.9. The molecule has 1 rings (SSSR count). The molecule has 0 radical (unpaired) electrons. The number of nitrogens with zero attached hydrogens (tertiary/aromatic N) is 2. The fraction of sp³-hybridized carbons (Fsp3) is 0.364. The smallest absolute Gasteiger partial charge is 0.134 e. The highest BCUT2D eigenvalue weighted by Crippen LogP contribution is 2.21. The van der Waals surface area contributed by atoms with E-state index in [0.29, 0.717) is 0 Å². The zero-order chi connectivity index (χ0) is 11.3. The molecule has 1 aromatic rings. The summed E-state index contributed by atoms with van der Waals surface area (Å²) in [5.41, 5.74) is 0.827. The standard InChI is InChI=1S/C11H15BrN2O/c1-3-5-14(4-2)11-9(8-15)6-10(12)7-13-11/h3,6-7,15H,1,4-5,8H2,2H3. The minimum absolute atomic E-state index is 0.00455. The van der Waals surface area contributed by atoms with Gasteiger partial charge in [-0.3, -0.25) is 0 Å². The number of halogens is 1. The third-order valence-electron chi connectivity index (χ3n) is 2.11. The van der Waals surface area contributed by atoms with Crippen molar-refractivity contribution in [2.45, 2.75) is 13.5 Å². The molecule has 0 atom stereocenters. The third-order valence-corrected chi connectivity index (χ3v) is 2.54. The summed E-state index contributed by atoms with van der Waals surface area (Å²) in [6, 6.07) is 1.88. The molecule has 0 unspecified atom stereocenters. The number of anilines is 1. The monoisotopic (exact) mass is 270 g/mol. The van der Waals surface area contributed by atoms with Crippen LogP contribution in [-0.2, 0) is 6.61 Å². The van der Waals surface area contributed by atoms with E-state index in [4.69, 9.17) is 0 Å². The van der Waals surface area contributed by atoms with Crippen LogP contribution >= 0.6 is 15.9 Å². The summed E-state index contributed by atoms with van der Waals surface area (Å²) in [7, 11) is 0. The maximum absolute atomic E-state index is 9.24. The lowest BCUT2D eigenvalue weighted by atomic mass is 10.2. The van der Waals surface area contributed by atoms with Crippen LogP contribution in [0.1, 0.15) is 12.5 Å². The quantitative estimate of drug-likeness (QED) is 0.835. The van der Waals surface area contributed by atoms with Crippen molar-refractivity contribution in [3.63, 3.8) is 0 Å². The Morgan fingerprint density at radius 3 is 2.93 bits per heavy atom. The molecule has 0 amide bonds. The molecule has 0 aliphatic heterocycles. The number of hydrogen-bond acceptors (Lipinski definition) is 3. The van der Waals surface area contributed by atoms with E-state index in [-0.39, 0.29) is 6.61 Å². The van der Waals surface area contributed by atoms with Gasteiger partial charge in [-0.2, -0.15) is 0 Å². The van der Waals surface area contributed by atoms with Crippen LogP contribution in [0.25, 0.3) is 0 Å². The van der Waals surface area contributed by atoms with Crippen molar-refractivity contribution in [3.05, 3.63) is 35.0 Å². The number of aliphatic hydroxyl groups is 1. The number of aromatic nitrogens is 1. The third kappa shape index (κ3) is 3.04. The van der Waals surface area contributed by atoms with E-state index in [1.807, 2.05) is 19.1 Å². The molecule has 15 heavy (non-hydrogen) atoms. The SMILES string of the molecule is C=CCN(CC)c1ncc(Br)cc1CO. The molecule has 0 saturated carbocycles. The Morgan fingerprint density at radius 2 is 2.40 bits per heavy atom. The molecular formula is C11H15BrN2O. The summed E-state index contributed by atoms with van der Waals surface area (Å²) >= 11 is 3.33. The Hall–Kier alpha value is -0.870. The average Bonchev–Trinajstić information content (AvgIpc) is 2.26. The second kappa shape index (κ2) is 5.88. The lowest BCUT2D eigenvalue weighted by Gasteiger charge is -2.22. The molecule has 82 valence electrons. The zero-order valence-corrected chi connectivity index (χ0v) is 10.4. The molecular weight excluding hydrogens is 256 g/mol. The van der Waals surface area contributed by atoms with E-state index in [9.17, 15) is 5.11 Å². The number of aliphatic hydroxyl groups excluding tert-OH is 1. The summed E-state index contributed by atoms with van der Waals surface area (Å²) in [5, 5.41) is 9.24. The van der Waals surface area contributed by atoms with Crippen LogP contribution in [0, 0.1) is 0 Å². The van der Waals surface area contributed by atoms with Crippen molar-refractivity contribution in [2.24, 2.45) is 0 Å². The Bertz CT molecular complexity index is 341. The van der Waals surface area contributed by atoms with Crippen LogP contribution in [-0.4, -0.2) is 23.2 Å². The summed E-state index contributed by atoms with van der Waals surface area (Å²) in [6.07, 6.45) is 3.56. The lowest BCUT2D eigenvalue weighted by molar-refractivity contribution is 0.281. The van der Waals surface area contributed by atoms with Crippen molar-refractivity contribution in [1.82, 2.24) is 4.98 Å². The predicted octanol–water partition coefficient (Wildman–Crippen LogP) is 2.35. The van der Waals surface area contributed by atoms with Gasteiger partial charge < -0.3 is 10.0 Å². The van der Waals surface area contributed by atoms with Crippen molar-refractivity contribution in [1.29, 1.82) is 0 Å².